The minimum atomic E-state index is -3.60. The van der Waals surface area contributed by atoms with Crippen LogP contribution in [0.15, 0.2) is 47.4 Å². The molecule has 1 N–H and O–H groups in total. The van der Waals surface area contributed by atoms with Crippen molar-refractivity contribution in [2.24, 2.45) is 0 Å². The summed E-state index contributed by atoms with van der Waals surface area (Å²) in [5.41, 5.74) is 2.31. The number of nitrogens with zero attached hydrogens (tertiary/aromatic N) is 1. The first-order valence-electron chi connectivity index (χ1n) is 7.70. The molecule has 0 atom stereocenters. The largest absolute Gasteiger partial charge is 0.495 e. The summed E-state index contributed by atoms with van der Waals surface area (Å²) in [6.45, 7) is 1.98. The lowest BCUT2D eigenvalue weighted by atomic mass is 10.1. The van der Waals surface area contributed by atoms with Gasteiger partial charge >= 0.3 is 0 Å². The Kier molecular flexibility index (Phi) is 5.81. The van der Waals surface area contributed by atoms with Gasteiger partial charge in [-0.1, -0.05) is 29.8 Å². The molecule has 6 nitrogen and oxygen atoms in total. The molecule has 0 aliphatic carbocycles. The molecule has 25 heavy (non-hydrogen) atoms. The topological polar surface area (TPSA) is 75.7 Å². The zero-order valence-corrected chi connectivity index (χ0v) is 15.6. The molecule has 0 aliphatic heterocycles. The van der Waals surface area contributed by atoms with Crippen molar-refractivity contribution in [1.29, 1.82) is 0 Å². The molecule has 2 aromatic carbocycles. The highest BCUT2D eigenvalue weighted by molar-refractivity contribution is 7.89. The van der Waals surface area contributed by atoms with E-state index in [1.54, 1.807) is 0 Å². The molecule has 0 heterocycles. The monoisotopic (exact) mass is 362 g/mol. The third-order valence-electron chi connectivity index (χ3n) is 3.71. The molecule has 2 aromatic rings. The van der Waals surface area contributed by atoms with Gasteiger partial charge in [0.2, 0.25) is 15.9 Å². The number of benzene rings is 2. The van der Waals surface area contributed by atoms with Crippen LogP contribution in [-0.2, 0) is 21.2 Å². The standard InChI is InChI=1S/C18H22N2O4S/c1-13-5-7-14(8-6-13)11-18(21)19-16-12-15(9-10-17(16)24-4)25(22,23)20(2)3/h5-10,12H,11H2,1-4H3,(H,19,21). The van der Waals surface area contributed by atoms with E-state index in [2.05, 4.69) is 5.32 Å². The number of ether oxygens (including phenoxy) is 1. The van der Waals surface area contributed by atoms with Gasteiger partial charge in [0.25, 0.3) is 0 Å². The summed E-state index contributed by atoms with van der Waals surface area (Å²) in [6.07, 6.45) is 0.189. The smallest absolute Gasteiger partial charge is 0.242 e. The Hall–Kier alpha value is -2.38. The summed E-state index contributed by atoms with van der Waals surface area (Å²) >= 11 is 0. The number of nitrogens with one attached hydrogen (secondary N) is 1. The minimum absolute atomic E-state index is 0.0870. The van der Waals surface area contributed by atoms with E-state index in [1.165, 1.54) is 39.4 Å². The van der Waals surface area contributed by atoms with Gasteiger partial charge in [0.1, 0.15) is 5.75 Å². The second-order valence-corrected chi connectivity index (χ2v) is 8.01. The maximum absolute atomic E-state index is 12.3. The number of hydrogen-bond acceptors (Lipinski definition) is 4. The zero-order chi connectivity index (χ0) is 18.6. The maximum Gasteiger partial charge on any atom is 0.242 e. The number of amides is 1. The first kappa shape index (κ1) is 19.0. The van der Waals surface area contributed by atoms with Crippen LogP contribution in [0.2, 0.25) is 0 Å². The average molecular weight is 362 g/mol. The fraction of sp³-hybridized carbons (Fsp3) is 0.278. The van der Waals surface area contributed by atoms with Gasteiger partial charge in [0.15, 0.2) is 0 Å². The van der Waals surface area contributed by atoms with Gasteiger partial charge < -0.3 is 10.1 Å². The summed E-state index contributed by atoms with van der Waals surface area (Å²) in [6, 6.07) is 12.0. The van der Waals surface area contributed by atoms with E-state index in [0.29, 0.717) is 11.4 Å². The summed E-state index contributed by atoms with van der Waals surface area (Å²) in [4.78, 5) is 12.4. The molecule has 0 aliphatic rings. The van der Waals surface area contributed by atoms with Crippen LogP contribution in [0.4, 0.5) is 5.69 Å². The summed E-state index contributed by atoms with van der Waals surface area (Å²) in [7, 11) is 0.773. The molecule has 0 radical (unpaired) electrons. The van der Waals surface area contributed by atoms with Crippen molar-refractivity contribution in [2.45, 2.75) is 18.2 Å². The first-order chi connectivity index (χ1) is 11.7. The molecule has 0 unspecified atom stereocenters. The molecule has 0 aromatic heterocycles. The Labute approximate surface area is 148 Å². The van der Waals surface area contributed by atoms with Crippen molar-refractivity contribution in [3.8, 4) is 5.75 Å². The zero-order valence-electron chi connectivity index (χ0n) is 14.7. The van der Waals surface area contributed by atoms with Crippen molar-refractivity contribution in [3.05, 3.63) is 53.6 Å². The third kappa shape index (κ3) is 4.58. The molecule has 0 bridgehead atoms. The van der Waals surface area contributed by atoms with Crippen LogP contribution in [-0.4, -0.2) is 39.8 Å². The van der Waals surface area contributed by atoms with Crippen LogP contribution in [0.1, 0.15) is 11.1 Å². The van der Waals surface area contributed by atoms with Crippen molar-refractivity contribution in [3.63, 3.8) is 0 Å². The Morgan fingerprint density at radius 2 is 1.76 bits per heavy atom. The van der Waals surface area contributed by atoms with Gasteiger partial charge in [0, 0.05) is 14.1 Å². The molecule has 0 spiro atoms. The van der Waals surface area contributed by atoms with Gasteiger partial charge in [-0.3, -0.25) is 4.79 Å². The highest BCUT2D eigenvalue weighted by Crippen LogP contribution is 2.28. The predicted molar refractivity (Wildman–Crippen MR) is 97.4 cm³/mol. The van der Waals surface area contributed by atoms with Crippen LogP contribution < -0.4 is 10.1 Å². The lowest BCUT2D eigenvalue weighted by Crippen LogP contribution is -2.22. The lowest BCUT2D eigenvalue weighted by Gasteiger charge is -2.15. The molecule has 7 heteroatoms. The quantitative estimate of drug-likeness (QED) is 0.856. The first-order valence-corrected chi connectivity index (χ1v) is 9.14. The fourth-order valence-electron chi connectivity index (χ4n) is 2.24. The second kappa shape index (κ2) is 7.67. The van der Waals surface area contributed by atoms with Gasteiger partial charge in [0.05, 0.1) is 24.1 Å². The highest BCUT2D eigenvalue weighted by atomic mass is 32.2. The Morgan fingerprint density at radius 3 is 2.32 bits per heavy atom. The summed E-state index contributed by atoms with van der Waals surface area (Å²) in [5, 5.41) is 2.73. The number of sulfonamides is 1. The number of carbonyl (C=O) groups excluding carboxylic acids is 1. The van der Waals surface area contributed by atoms with E-state index in [0.717, 1.165) is 15.4 Å². The number of anilines is 1. The Balaban J connectivity index is 2.25. The van der Waals surface area contributed by atoms with Gasteiger partial charge in [-0.2, -0.15) is 0 Å². The van der Waals surface area contributed by atoms with E-state index in [4.69, 9.17) is 4.74 Å². The van der Waals surface area contributed by atoms with Crippen molar-refractivity contribution < 1.29 is 17.9 Å². The normalized spacial score (nSPS) is 11.4. The number of carbonyl (C=O) groups is 1. The molecule has 2 rings (SSSR count). The van der Waals surface area contributed by atoms with Crippen LogP contribution >= 0.6 is 0 Å². The highest BCUT2D eigenvalue weighted by Gasteiger charge is 2.19. The van der Waals surface area contributed by atoms with Gasteiger partial charge in [-0.25, -0.2) is 12.7 Å². The number of hydrogen-bond donors (Lipinski definition) is 1. The molecule has 0 fully saturated rings. The minimum Gasteiger partial charge on any atom is -0.495 e. The maximum atomic E-state index is 12.3. The van der Waals surface area contributed by atoms with Crippen LogP contribution in [0.5, 0.6) is 5.75 Å². The predicted octanol–water partition coefficient (Wildman–Crippen LogP) is 2.44. The van der Waals surface area contributed by atoms with Crippen molar-refractivity contribution in [1.82, 2.24) is 4.31 Å². The molecule has 0 saturated heterocycles. The fourth-order valence-corrected chi connectivity index (χ4v) is 3.17. The average Bonchev–Trinajstić information content (AvgIpc) is 2.56. The molecule has 134 valence electrons. The van der Waals surface area contributed by atoms with Gasteiger partial charge in [-0.05, 0) is 30.7 Å². The lowest BCUT2D eigenvalue weighted by molar-refractivity contribution is -0.115. The Bertz CT molecular complexity index is 859. The van der Waals surface area contributed by atoms with Crippen LogP contribution in [0.3, 0.4) is 0 Å². The van der Waals surface area contributed by atoms with Crippen molar-refractivity contribution >= 4 is 21.6 Å². The molecule has 0 saturated carbocycles. The molecular weight excluding hydrogens is 340 g/mol. The van der Waals surface area contributed by atoms with E-state index in [1.807, 2.05) is 31.2 Å². The van der Waals surface area contributed by atoms with Crippen LogP contribution in [0.25, 0.3) is 0 Å². The van der Waals surface area contributed by atoms with E-state index in [-0.39, 0.29) is 17.2 Å². The van der Waals surface area contributed by atoms with Gasteiger partial charge in [-0.15, -0.1) is 0 Å². The Morgan fingerprint density at radius 1 is 1.12 bits per heavy atom. The molecule has 1 amide bonds. The molecular formula is C18H22N2O4S. The van der Waals surface area contributed by atoms with E-state index >= 15 is 0 Å². The summed E-state index contributed by atoms with van der Waals surface area (Å²) in [5.74, 6) is 0.150. The van der Waals surface area contributed by atoms with E-state index in [9.17, 15) is 13.2 Å². The summed E-state index contributed by atoms with van der Waals surface area (Å²) < 4.78 is 30.9. The number of aryl methyl sites for hydroxylation is 1. The SMILES string of the molecule is COc1ccc(S(=O)(=O)N(C)C)cc1NC(=O)Cc1ccc(C)cc1. The second-order valence-electron chi connectivity index (χ2n) is 5.86. The van der Waals surface area contributed by atoms with Crippen LogP contribution in [0, 0.1) is 6.92 Å². The van der Waals surface area contributed by atoms with E-state index < -0.39 is 10.0 Å². The third-order valence-corrected chi connectivity index (χ3v) is 5.52. The van der Waals surface area contributed by atoms with Crippen molar-refractivity contribution in [2.75, 3.05) is 26.5 Å². The number of methoxy groups -OCH3 is 1. The number of rotatable bonds is 6.